The Kier molecular flexibility index (Phi) is 2.20. The highest BCUT2D eigenvalue weighted by Crippen LogP contribution is 2.40. The van der Waals surface area contributed by atoms with Gasteiger partial charge in [-0.05, 0) is 24.4 Å². The normalized spacial score (nSPS) is 16.8. The quantitative estimate of drug-likeness (QED) is 0.736. The van der Waals surface area contributed by atoms with Crippen molar-refractivity contribution < 1.29 is 0 Å². The third-order valence-electron chi connectivity index (χ3n) is 3.52. The molecule has 1 aliphatic rings. The van der Waals surface area contributed by atoms with Crippen molar-refractivity contribution in [1.82, 2.24) is 4.98 Å². The van der Waals surface area contributed by atoms with E-state index in [2.05, 4.69) is 54.3 Å². The van der Waals surface area contributed by atoms with Crippen LogP contribution in [-0.2, 0) is 5.41 Å². The van der Waals surface area contributed by atoms with Gasteiger partial charge in [-0.15, -0.1) is 11.3 Å². The van der Waals surface area contributed by atoms with Crippen LogP contribution in [0.3, 0.4) is 0 Å². The van der Waals surface area contributed by atoms with Crippen LogP contribution in [0.15, 0.2) is 34.8 Å². The second-order valence-electron chi connectivity index (χ2n) is 4.89. The molecule has 0 unspecified atom stereocenters. The summed E-state index contributed by atoms with van der Waals surface area (Å²) in [6, 6.07) is 6.43. The third kappa shape index (κ3) is 1.53. The molecular formula is C14H14N2S. The molecule has 2 nitrogen and oxygen atoms in total. The summed E-state index contributed by atoms with van der Waals surface area (Å²) < 4.78 is 0. The van der Waals surface area contributed by atoms with E-state index in [0.29, 0.717) is 0 Å². The molecule has 0 radical (unpaired) electrons. The fourth-order valence-electron chi connectivity index (χ4n) is 2.08. The van der Waals surface area contributed by atoms with E-state index < -0.39 is 0 Å². The number of nitrogens with zero attached hydrogens (tertiary/aromatic N) is 2. The summed E-state index contributed by atoms with van der Waals surface area (Å²) in [6.45, 7) is 6.49. The monoisotopic (exact) mass is 242 g/mol. The van der Waals surface area contributed by atoms with E-state index in [9.17, 15) is 0 Å². The van der Waals surface area contributed by atoms with Crippen molar-refractivity contribution >= 4 is 22.9 Å². The van der Waals surface area contributed by atoms with Crippen molar-refractivity contribution in [2.75, 3.05) is 0 Å². The van der Waals surface area contributed by atoms with E-state index in [1.165, 1.54) is 16.0 Å². The van der Waals surface area contributed by atoms with E-state index in [0.717, 1.165) is 11.5 Å². The molecule has 3 heterocycles. The van der Waals surface area contributed by atoms with Gasteiger partial charge in [0.15, 0.2) is 5.82 Å². The van der Waals surface area contributed by atoms with Crippen molar-refractivity contribution in [2.24, 2.45) is 4.99 Å². The number of hydrogen-bond donors (Lipinski definition) is 0. The van der Waals surface area contributed by atoms with Crippen molar-refractivity contribution in [2.45, 2.75) is 26.2 Å². The van der Waals surface area contributed by atoms with Crippen LogP contribution in [0, 0.1) is 0 Å². The lowest BCUT2D eigenvalue weighted by molar-refractivity contribution is 0.731. The Balaban J connectivity index is 2.15. The minimum Gasteiger partial charge on any atom is -0.237 e. The predicted octanol–water partition coefficient (Wildman–Crippen LogP) is 4.19. The molecule has 3 heteroatoms. The van der Waals surface area contributed by atoms with Gasteiger partial charge in [0.1, 0.15) is 0 Å². The summed E-state index contributed by atoms with van der Waals surface area (Å²) in [4.78, 5) is 10.3. The average Bonchev–Trinajstić information content (AvgIpc) is 2.88. The molecule has 0 fully saturated rings. The van der Waals surface area contributed by atoms with E-state index in [-0.39, 0.29) is 5.41 Å². The number of thiophene rings is 1. The highest BCUT2D eigenvalue weighted by atomic mass is 32.1. The zero-order valence-corrected chi connectivity index (χ0v) is 11.0. The number of pyridine rings is 1. The summed E-state index contributed by atoms with van der Waals surface area (Å²) >= 11 is 1.74. The molecule has 0 spiro atoms. The minimum absolute atomic E-state index is 0.00953. The Labute approximate surface area is 105 Å². The maximum Gasteiger partial charge on any atom is 0.155 e. The van der Waals surface area contributed by atoms with Crippen LogP contribution in [0.4, 0.5) is 5.82 Å². The van der Waals surface area contributed by atoms with Gasteiger partial charge in [0.25, 0.3) is 0 Å². The Bertz CT molecular complexity index is 595. The lowest BCUT2D eigenvalue weighted by Gasteiger charge is -2.19. The Morgan fingerprint density at radius 3 is 2.82 bits per heavy atom. The number of aliphatic imine (C=N–C) groups is 1. The van der Waals surface area contributed by atoms with E-state index >= 15 is 0 Å². The fraction of sp³-hybridized carbons (Fsp3) is 0.286. The van der Waals surface area contributed by atoms with Gasteiger partial charge in [-0.1, -0.05) is 19.9 Å². The van der Waals surface area contributed by atoms with E-state index in [1.807, 2.05) is 6.20 Å². The molecule has 1 aliphatic heterocycles. The SMILES string of the molecule is CC1=Nc2ncc(-c3cccs3)cc2C1(C)C. The second-order valence-corrected chi connectivity index (χ2v) is 5.84. The summed E-state index contributed by atoms with van der Waals surface area (Å²) in [5.41, 5.74) is 3.58. The van der Waals surface area contributed by atoms with Crippen LogP contribution >= 0.6 is 11.3 Å². The minimum atomic E-state index is 0.00953. The predicted molar refractivity (Wildman–Crippen MR) is 73.3 cm³/mol. The topological polar surface area (TPSA) is 25.2 Å². The van der Waals surface area contributed by atoms with E-state index in [4.69, 9.17) is 0 Å². The number of rotatable bonds is 1. The Morgan fingerprint density at radius 1 is 1.29 bits per heavy atom. The molecule has 2 aromatic heterocycles. The highest BCUT2D eigenvalue weighted by molar-refractivity contribution is 7.13. The second kappa shape index (κ2) is 3.50. The highest BCUT2D eigenvalue weighted by Gasteiger charge is 2.33. The molecule has 86 valence electrons. The zero-order chi connectivity index (χ0) is 12.0. The standard InChI is InChI=1S/C14H14N2S/c1-9-14(2,3)11-7-10(8-15-13(11)16-9)12-5-4-6-17-12/h4-8H,1-3H3. The molecule has 0 saturated carbocycles. The van der Waals surface area contributed by atoms with Gasteiger partial charge in [-0.3, -0.25) is 0 Å². The van der Waals surface area contributed by atoms with Crippen LogP contribution in [-0.4, -0.2) is 10.7 Å². The smallest absolute Gasteiger partial charge is 0.155 e. The van der Waals surface area contributed by atoms with Crippen molar-refractivity contribution in [1.29, 1.82) is 0 Å². The molecule has 0 N–H and O–H groups in total. The van der Waals surface area contributed by atoms with Gasteiger partial charge in [-0.2, -0.15) is 0 Å². The average molecular weight is 242 g/mol. The van der Waals surface area contributed by atoms with Crippen LogP contribution < -0.4 is 0 Å². The molecular weight excluding hydrogens is 228 g/mol. The van der Waals surface area contributed by atoms with Crippen LogP contribution in [0.1, 0.15) is 26.3 Å². The van der Waals surface area contributed by atoms with Gasteiger partial charge in [0.2, 0.25) is 0 Å². The summed E-state index contributed by atoms with van der Waals surface area (Å²) in [5, 5.41) is 2.09. The molecule has 3 rings (SSSR count). The van der Waals surface area contributed by atoms with Crippen LogP contribution in [0.5, 0.6) is 0 Å². The lowest BCUT2D eigenvalue weighted by Crippen LogP contribution is -2.22. The molecule has 17 heavy (non-hydrogen) atoms. The van der Waals surface area contributed by atoms with Gasteiger partial charge in [0.05, 0.1) is 0 Å². The van der Waals surface area contributed by atoms with Gasteiger partial charge in [-0.25, -0.2) is 9.98 Å². The molecule has 0 bridgehead atoms. The zero-order valence-electron chi connectivity index (χ0n) is 10.2. The molecule has 0 saturated heterocycles. The van der Waals surface area contributed by atoms with Gasteiger partial charge < -0.3 is 0 Å². The van der Waals surface area contributed by atoms with Crippen molar-refractivity contribution in [3.63, 3.8) is 0 Å². The summed E-state index contributed by atoms with van der Waals surface area (Å²) in [6.07, 6.45) is 1.92. The first-order chi connectivity index (χ1) is 8.09. The molecule has 0 atom stereocenters. The van der Waals surface area contributed by atoms with Crippen molar-refractivity contribution in [3.8, 4) is 10.4 Å². The maximum atomic E-state index is 4.54. The number of fused-ring (bicyclic) bond motifs is 1. The summed E-state index contributed by atoms with van der Waals surface area (Å²) in [7, 11) is 0. The Morgan fingerprint density at radius 2 is 2.12 bits per heavy atom. The Hall–Kier alpha value is -1.48. The maximum absolute atomic E-state index is 4.54. The largest absolute Gasteiger partial charge is 0.237 e. The first-order valence-corrected chi connectivity index (χ1v) is 6.57. The van der Waals surface area contributed by atoms with E-state index in [1.54, 1.807) is 11.3 Å². The van der Waals surface area contributed by atoms with Gasteiger partial charge >= 0.3 is 0 Å². The third-order valence-corrected chi connectivity index (χ3v) is 4.44. The fourth-order valence-corrected chi connectivity index (χ4v) is 2.79. The molecule has 0 aromatic carbocycles. The van der Waals surface area contributed by atoms with Crippen LogP contribution in [0.2, 0.25) is 0 Å². The van der Waals surface area contributed by atoms with Crippen molar-refractivity contribution in [3.05, 3.63) is 35.3 Å². The molecule has 2 aromatic rings. The summed E-state index contributed by atoms with van der Waals surface area (Å²) in [5.74, 6) is 0.882. The lowest BCUT2D eigenvalue weighted by atomic mass is 9.82. The van der Waals surface area contributed by atoms with Crippen LogP contribution in [0.25, 0.3) is 10.4 Å². The first-order valence-electron chi connectivity index (χ1n) is 5.69. The number of aromatic nitrogens is 1. The first kappa shape index (κ1) is 10.7. The number of hydrogen-bond acceptors (Lipinski definition) is 3. The molecule has 0 amide bonds. The molecule has 0 aliphatic carbocycles. The van der Waals surface area contributed by atoms with Gasteiger partial charge in [0, 0.05) is 33.3 Å².